The second-order valence-electron chi connectivity index (χ2n) is 9.69. The van der Waals surface area contributed by atoms with Gasteiger partial charge in [0.2, 0.25) is 0 Å². The highest BCUT2D eigenvalue weighted by Crippen LogP contribution is 2.31. The molecule has 0 saturated carbocycles. The van der Waals surface area contributed by atoms with Gasteiger partial charge in [-0.05, 0) is 80.6 Å². The molecular formula is C28H36ClN3O4. The number of aryl methyl sites for hydroxylation is 3. The Bertz CT molecular complexity index is 1110. The summed E-state index contributed by atoms with van der Waals surface area (Å²) in [5, 5.41) is 12.0. The summed E-state index contributed by atoms with van der Waals surface area (Å²) in [5.74, 6) is 2.20. The number of methoxy groups -OCH3 is 1. The van der Waals surface area contributed by atoms with Crippen LogP contribution in [-0.4, -0.2) is 58.6 Å². The Morgan fingerprint density at radius 1 is 1.11 bits per heavy atom. The van der Waals surface area contributed by atoms with Crippen LogP contribution in [0, 0.1) is 13.8 Å². The number of aliphatic hydroxyl groups is 1. The molecule has 7 nitrogen and oxygen atoms in total. The summed E-state index contributed by atoms with van der Waals surface area (Å²) in [5.41, 5.74) is 2.17. The maximum atomic E-state index is 11.3. The van der Waals surface area contributed by atoms with Gasteiger partial charge >= 0.3 is 0 Å². The van der Waals surface area contributed by atoms with Crippen molar-refractivity contribution in [2.45, 2.75) is 51.8 Å². The van der Waals surface area contributed by atoms with Crippen molar-refractivity contribution in [3.63, 3.8) is 0 Å². The zero-order valence-electron chi connectivity index (χ0n) is 21.4. The van der Waals surface area contributed by atoms with E-state index in [1.54, 1.807) is 13.3 Å². The van der Waals surface area contributed by atoms with Crippen molar-refractivity contribution in [1.82, 2.24) is 14.5 Å². The summed E-state index contributed by atoms with van der Waals surface area (Å²) < 4.78 is 19.6. The predicted molar refractivity (Wildman–Crippen MR) is 141 cm³/mol. The van der Waals surface area contributed by atoms with E-state index in [0.717, 1.165) is 71.4 Å². The molecule has 1 aliphatic rings. The van der Waals surface area contributed by atoms with Crippen LogP contribution >= 0.6 is 11.6 Å². The Morgan fingerprint density at radius 3 is 2.64 bits per heavy atom. The van der Waals surface area contributed by atoms with Crippen LogP contribution in [0.5, 0.6) is 17.2 Å². The quantitative estimate of drug-likeness (QED) is 0.362. The van der Waals surface area contributed by atoms with Crippen LogP contribution in [0.25, 0.3) is 0 Å². The fourth-order valence-corrected chi connectivity index (χ4v) is 4.81. The average molecular weight is 514 g/mol. The summed E-state index contributed by atoms with van der Waals surface area (Å²) in [6.45, 7) is 7.81. The zero-order chi connectivity index (χ0) is 25.5. The van der Waals surface area contributed by atoms with Gasteiger partial charge in [0.25, 0.3) is 0 Å². The number of piperidine rings is 1. The smallest absolute Gasteiger partial charge is 0.161 e. The molecule has 36 heavy (non-hydrogen) atoms. The fraction of sp³-hybridized carbons (Fsp3) is 0.464. The predicted octanol–water partition coefficient (Wildman–Crippen LogP) is 5.04. The lowest BCUT2D eigenvalue weighted by molar-refractivity contribution is -0.0621. The lowest BCUT2D eigenvalue weighted by Gasteiger charge is -2.39. The van der Waals surface area contributed by atoms with Crippen molar-refractivity contribution in [1.29, 1.82) is 0 Å². The first-order valence-corrected chi connectivity index (χ1v) is 12.8. The first kappa shape index (κ1) is 26.3. The van der Waals surface area contributed by atoms with Crippen molar-refractivity contribution in [2.75, 3.05) is 33.4 Å². The highest BCUT2D eigenvalue weighted by atomic mass is 35.5. The minimum atomic E-state index is -0.904. The molecule has 2 aromatic carbocycles. The van der Waals surface area contributed by atoms with Crippen LogP contribution in [0.2, 0.25) is 5.02 Å². The summed E-state index contributed by atoms with van der Waals surface area (Å²) in [7, 11) is 1.65. The van der Waals surface area contributed by atoms with Gasteiger partial charge in [0, 0.05) is 37.1 Å². The number of benzene rings is 2. The van der Waals surface area contributed by atoms with Gasteiger partial charge in [-0.2, -0.15) is 0 Å². The first-order valence-electron chi connectivity index (χ1n) is 12.4. The zero-order valence-corrected chi connectivity index (χ0v) is 22.1. The maximum absolute atomic E-state index is 11.3. The van der Waals surface area contributed by atoms with Crippen molar-refractivity contribution in [3.05, 3.63) is 70.8 Å². The van der Waals surface area contributed by atoms with Crippen molar-refractivity contribution in [3.8, 4) is 17.2 Å². The van der Waals surface area contributed by atoms with Crippen LogP contribution < -0.4 is 14.2 Å². The highest BCUT2D eigenvalue weighted by Gasteiger charge is 2.34. The number of imidazole rings is 1. The normalized spacial score (nSPS) is 18.2. The van der Waals surface area contributed by atoms with E-state index in [-0.39, 0.29) is 6.61 Å². The minimum Gasteiger partial charge on any atom is -0.493 e. The standard InChI is InChI=1S/C28H36ClN3O4/c1-21-14-24(15-22(2)27(21)29)36-19-28(33)8-4-10-32(18-28)17-23-6-7-25(34-3)26(16-23)35-13-5-11-31-12-9-30-20-31/h6-7,9,12,14-16,20,33H,4-5,8,10-11,13,17-19H2,1-3H3. The molecule has 0 radical (unpaired) electrons. The Labute approximate surface area is 218 Å². The molecule has 1 atom stereocenters. The van der Waals surface area contributed by atoms with E-state index in [9.17, 15) is 5.11 Å². The van der Waals surface area contributed by atoms with Crippen LogP contribution in [-0.2, 0) is 13.1 Å². The number of hydrogen-bond donors (Lipinski definition) is 1. The number of rotatable bonds is 11. The van der Waals surface area contributed by atoms with E-state index >= 15 is 0 Å². The van der Waals surface area contributed by atoms with Gasteiger partial charge in [-0.25, -0.2) is 4.98 Å². The molecule has 0 bridgehead atoms. The lowest BCUT2D eigenvalue weighted by Crippen LogP contribution is -2.51. The topological polar surface area (TPSA) is 69.0 Å². The Hall–Kier alpha value is -2.74. The number of aromatic nitrogens is 2. The molecule has 1 unspecified atom stereocenters. The van der Waals surface area contributed by atoms with Gasteiger partial charge < -0.3 is 23.9 Å². The lowest BCUT2D eigenvalue weighted by atomic mass is 9.93. The molecule has 2 heterocycles. The largest absolute Gasteiger partial charge is 0.493 e. The molecule has 1 N–H and O–H groups in total. The molecule has 1 fully saturated rings. The molecule has 0 spiro atoms. The van der Waals surface area contributed by atoms with Gasteiger partial charge in [-0.3, -0.25) is 4.90 Å². The van der Waals surface area contributed by atoms with Crippen molar-refractivity contribution < 1.29 is 19.3 Å². The van der Waals surface area contributed by atoms with Crippen LogP contribution in [0.15, 0.2) is 49.1 Å². The third-order valence-corrected chi connectivity index (χ3v) is 7.16. The summed E-state index contributed by atoms with van der Waals surface area (Å²) in [6.07, 6.45) is 8.03. The van der Waals surface area contributed by atoms with Crippen LogP contribution in [0.4, 0.5) is 0 Å². The minimum absolute atomic E-state index is 0.248. The molecule has 1 saturated heterocycles. The van der Waals surface area contributed by atoms with E-state index in [4.69, 9.17) is 25.8 Å². The Kier molecular flexibility index (Phi) is 8.77. The van der Waals surface area contributed by atoms with Gasteiger partial charge in [0.05, 0.1) is 20.0 Å². The highest BCUT2D eigenvalue weighted by molar-refractivity contribution is 6.32. The molecule has 1 aromatic heterocycles. The number of hydrogen-bond acceptors (Lipinski definition) is 6. The number of nitrogens with zero attached hydrogens (tertiary/aromatic N) is 3. The number of ether oxygens (including phenoxy) is 3. The van der Waals surface area contributed by atoms with E-state index in [1.165, 1.54) is 0 Å². The molecule has 3 aromatic rings. The van der Waals surface area contributed by atoms with Gasteiger partial charge in [-0.15, -0.1) is 0 Å². The molecule has 194 valence electrons. The summed E-state index contributed by atoms with van der Waals surface area (Å²) in [6, 6.07) is 9.90. The maximum Gasteiger partial charge on any atom is 0.161 e. The van der Waals surface area contributed by atoms with E-state index in [2.05, 4.69) is 16.0 Å². The van der Waals surface area contributed by atoms with Gasteiger partial charge in [0.1, 0.15) is 18.0 Å². The Balaban J connectivity index is 1.33. The van der Waals surface area contributed by atoms with Crippen molar-refractivity contribution >= 4 is 11.6 Å². The molecule has 1 aliphatic heterocycles. The van der Waals surface area contributed by atoms with Crippen LogP contribution in [0.3, 0.4) is 0 Å². The number of halogens is 1. The first-order chi connectivity index (χ1) is 17.3. The fourth-order valence-electron chi connectivity index (χ4n) is 4.70. The number of likely N-dealkylation sites (tertiary alicyclic amines) is 1. The second kappa shape index (κ2) is 12.0. The summed E-state index contributed by atoms with van der Waals surface area (Å²) >= 11 is 6.28. The monoisotopic (exact) mass is 513 g/mol. The molecule has 0 aliphatic carbocycles. The number of β-amino-alcohol motifs (C(OH)–C–C–N with tert-alkyl or cyclic N) is 1. The van der Waals surface area contributed by atoms with E-state index in [1.807, 2.05) is 55.2 Å². The van der Waals surface area contributed by atoms with Crippen molar-refractivity contribution in [2.24, 2.45) is 0 Å². The van der Waals surface area contributed by atoms with Crippen LogP contribution in [0.1, 0.15) is 36.0 Å². The van der Waals surface area contributed by atoms with Gasteiger partial charge in [0.15, 0.2) is 11.5 Å². The second-order valence-corrected chi connectivity index (χ2v) is 10.1. The molecular weight excluding hydrogens is 478 g/mol. The molecule has 0 amide bonds. The Morgan fingerprint density at radius 2 is 1.92 bits per heavy atom. The third-order valence-electron chi connectivity index (χ3n) is 6.56. The SMILES string of the molecule is COc1ccc(CN2CCCC(O)(COc3cc(C)c(Cl)c(C)c3)C2)cc1OCCCn1ccnc1. The molecule has 8 heteroatoms. The van der Waals surface area contributed by atoms with E-state index < -0.39 is 5.60 Å². The average Bonchev–Trinajstić information content (AvgIpc) is 3.38. The molecule has 4 rings (SSSR count). The van der Waals surface area contributed by atoms with E-state index in [0.29, 0.717) is 19.6 Å². The third kappa shape index (κ3) is 6.93. The summed E-state index contributed by atoms with van der Waals surface area (Å²) in [4.78, 5) is 6.34. The van der Waals surface area contributed by atoms with Gasteiger partial charge in [-0.1, -0.05) is 17.7 Å².